The fourth-order valence-corrected chi connectivity index (χ4v) is 3.81. The Morgan fingerprint density at radius 2 is 1.84 bits per heavy atom. The van der Waals surface area contributed by atoms with Gasteiger partial charge in [0, 0.05) is 23.3 Å². The normalized spacial score (nSPS) is 11.8. The van der Waals surface area contributed by atoms with Crippen molar-refractivity contribution < 1.29 is 9.59 Å². The minimum absolute atomic E-state index is 0.166. The summed E-state index contributed by atoms with van der Waals surface area (Å²) < 4.78 is 1.78. The molecule has 0 aliphatic heterocycles. The van der Waals surface area contributed by atoms with Crippen molar-refractivity contribution in [3.05, 3.63) is 70.0 Å². The number of aryl methyl sites for hydroxylation is 2. The molecule has 0 saturated heterocycles. The van der Waals surface area contributed by atoms with E-state index >= 15 is 0 Å². The highest BCUT2D eigenvalue weighted by molar-refractivity contribution is 7.99. The van der Waals surface area contributed by atoms with E-state index in [1.165, 1.54) is 11.8 Å². The van der Waals surface area contributed by atoms with Gasteiger partial charge in [-0.2, -0.15) is 0 Å². The predicted octanol–water partition coefficient (Wildman–Crippen LogP) is 4.31. The molecule has 0 spiro atoms. The highest BCUT2D eigenvalue weighted by Gasteiger charge is 2.19. The lowest BCUT2D eigenvalue weighted by Crippen LogP contribution is -2.28. The summed E-state index contributed by atoms with van der Waals surface area (Å²) in [6.07, 6.45) is 0. The molecule has 162 valence electrons. The molecule has 2 N–H and O–H groups in total. The molecule has 0 fully saturated rings. The summed E-state index contributed by atoms with van der Waals surface area (Å²) in [6.45, 7) is 5.72. The lowest BCUT2D eigenvalue weighted by molar-refractivity contribution is -0.113. The maximum atomic E-state index is 12.5. The Morgan fingerprint density at radius 1 is 1.13 bits per heavy atom. The van der Waals surface area contributed by atoms with Crippen LogP contribution in [0, 0.1) is 13.8 Å². The number of thioether (sulfide) groups is 1. The highest BCUT2D eigenvalue weighted by Crippen LogP contribution is 2.22. The third-order valence-electron chi connectivity index (χ3n) is 4.72. The Labute approximate surface area is 190 Å². The summed E-state index contributed by atoms with van der Waals surface area (Å²) >= 11 is 7.27. The van der Waals surface area contributed by atoms with Gasteiger partial charge in [-0.05, 0) is 50.6 Å². The Morgan fingerprint density at radius 3 is 2.55 bits per heavy atom. The molecule has 0 radical (unpaired) electrons. The first kappa shape index (κ1) is 22.8. The zero-order valence-corrected chi connectivity index (χ0v) is 19.3. The molecule has 0 saturated carbocycles. The van der Waals surface area contributed by atoms with Crippen LogP contribution in [0.5, 0.6) is 0 Å². The molecule has 9 heteroatoms. The lowest BCUT2D eigenvalue weighted by atomic mass is 10.1. The number of hydrogen-bond donors (Lipinski definition) is 2. The van der Waals surface area contributed by atoms with Crippen LogP contribution in [0.1, 0.15) is 40.3 Å². The number of carbonyl (C=O) groups is 2. The Hall–Kier alpha value is -2.84. The van der Waals surface area contributed by atoms with Crippen molar-refractivity contribution in [2.24, 2.45) is 7.05 Å². The largest absolute Gasteiger partial charge is 0.342 e. The SMILES string of the molecule is Cc1ccc(C(=O)N[C@@H](C)c2nnc(SCC(=O)Nc3cc(Cl)ccc3C)n2C)cc1. The van der Waals surface area contributed by atoms with Crippen LogP contribution in [0.15, 0.2) is 47.6 Å². The molecule has 0 aliphatic rings. The minimum atomic E-state index is -0.344. The zero-order valence-electron chi connectivity index (χ0n) is 17.8. The van der Waals surface area contributed by atoms with E-state index in [-0.39, 0.29) is 23.6 Å². The summed E-state index contributed by atoms with van der Waals surface area (Å²) in [5.74, 6) is 0.429. The van der Waals surface area contributed by atoms with Crippen molar-refractivity contribution in [3.8, 4) is 0 Å². The number of amides is 2. The van der Waals surface area contributed by atoms with E-state index in [9.17, 15) is 9.59 Å². The highest BCUT2D eigenvalue weighted by atomic mass is 35.5. The number of carbonyl (C=O) groups excluding carboxylic acids is 2. The summed E-state index contributed by atoms with van der Waals surface area (Å²) in [6, 6.07) is 12.4. The van der Waals surface area contributed by atoms with Gasteiger partial charge in [0.25, 0.3) is 5.91 Å². The maximum Gasteiger partial charge on any atom is 0.251 e. The number of anilines is 1. The smallest absolute Gasteiger partial charge is 0.251 e. The Balaban J connectivity index is 1.59. The second-order valence-corrected chi connectivity index (χ2v) is 8.64. The molecule has 7 nitrogen and oxygen atoms in total. The van der Waals surface area contributed by atoms with Gasteiger partial charge in [0.1, 0.15) is 0 Å². The predicted molar refractivity (Wildman–Crippen MR) is 124 cm³/mol. The fourth-order valence-electron chi connectivity index (χ4n) is 2.92. The van der Waals surface area contributed by atoms with E-state index in [0.717, 1.165) is 11.1 Å². The van der Waals surface area contributed by atoms with Crippen LogP contribution in [0.3, 0.4) is 0 Å². The molecule has 3 rings (SSSR count). The van der Waals surface area contributed by atoms with Crippen LogP contribution in [0.4, 0.5) is 5.69 Å². The summed E-state index contributed by atoms with van der Waals surface area (Å²) in [4.78, 5) is 24.8. The molecule has 3 aromatic rings. The van der Waals surface area contributed by atoms with Crippen LogP contribution in [0.2, 0.25) is 5.02 Å². The zero-order chi connectivity index (χ0) is 22.5. The molecule has 31 heavy (non-hydrogen) atoms. The van der Waals surface area contributed by atoms with Crippen molar-refractivity contribution in [1.82, 2.24) is 20.1 Å². The first-order chi connectivity index (χ1) is 14.7. The quantitative estimate of drug-likeness (QED) is 0.516. The molecule has 1 aromatic heterocycles. The van der Waals surface area contributed by atoms with Crippen molar-refractivity contribution >= 4 is 40.9 Å². The van der Waals surface area contributed by atoms with Crippen LogP contribution < -0.4 is 10.6 Å². The number of rotatable bonds is 7. The van der Waals surface area contributed by atoms with E-state index in [1.54, 1.807) is 28.8 Å². The molecular formula is C22H24ClN5O2S. The van der Waals surface area contributed by atoms with Crippen LogP contribution >= 0.6 is 23.4 Å². The van der Waals surface area contributed by atoms with Gasteiger partial charge in [0.05, 0.1) is 11.8 Å². The number of aromatic nitrogens is 3. The van der Waals surface area contributed by atoms with Crippen LogP contribution in [-0.2, 0) is 11.8 Å². The second kappa shape index (κ2) is 9.98. The second-order valence-electron chi connectivity index (χ2n) is 7.26. The summed E-state index contributed by atoms with van der Waals surface area (Å²) in [5, 5.41) is 15.3. The van der Waals surface area contributed by atoms with Crippen LogP contribution in [-0.4, -0.2) is 32.3 Å². The van der Waals surface area contributed by atoms with Gasteiger partial charge in [-0.1, -0.05) is 47.1 Å². The first-order valence-corrected chi connectivity index (χ1v) is 11.1. The van der Waals surface area contributed by atoms with Crippen molar-refractivity contribution in [2.45, 2.75) is 32.0 Å². The van der Waals surface area contributed by atoms with E-state index in [2.05, 4.69) is 20.8 Å². The average molecular weight is 458 g/mol. The van der Waals surface area contributed by atoms with E-state index in [0.29, 0.717) is 27.3 Å². The van der Waals surface area contributed by atoms with Gasteiger partial charge in [-0.15, -0.1) is 10.2 Å². The number of nitrogens with zero attached hydrogens (tertiary/aromatic N) is 3. The first-order valence-electron chi connectivity index (χ1n) is 9.70. The number of halogens is 1. The van der Waals surface area contributed by atoms with Crippen molar-refractivity contribution in [2.75, 3.05) is 11.1 Å². The molecule has 0 bridgehead atoms. The molecule has 2 amide bonds. The fraction of sp³-hybridized carbons (Fsp3) is 0.273. The van der Waals surface area contributed by atoms with Gasteiger partial charge in [0.2, 0.25) is 5.91 Å². The van der Waals surface area contributed by atoms with E-state index in [1.807, 2.05) is 46.0 Å². The van der Waals surface area contributed by atoms with E-state index in [4.69, 9.17) is 11.6 Å². The molecular weight excluding hydrogens is 434 g/mol. The monoisotopic (exact) mass is 457 g/mol. The van der Waals surface area contributed by atoms with Gasteiger partial charge in [-0.25, -0.2) is 0 Å². The third kappa shape index (κ3) is 5.86. The van der Waals surface area contributed by atoms with Gasteiger partial charge in [-0.3, -0.25) is 9.59 Å². The maximum absolute atomic E-state index is 12.5. The Kier molecular flexibility index (Phi) is 7.35. The van der Waals surface area contributed by atoms with Gasteiger partial charge < -0.3 is 15.2 Å². The van der Waals surface area contributed by atoms with Crippen molar-refractivity contribution in [1.29, 1.82) is 0 Å². The van der Waals surface area contributed by atoms with Gasteiger partial charge >= 0.3 is 0 Å². The summed E-state index contributed by atoms with van der Waals surface area (Å²) in [5.41, 5.74) is 3.29. The van der Waals surface area contributed by atoms with E-state index < -0.39 is 0 Å². The minimum Gasteiger partial charge on any atom is -0.342 e. The lowest BCUT2D eigenvalue weighted by Gasteiger charge is -2.14. The van der Waals surface area contributed by atoms with Crippen molar-refractivity contribution in [3.63, 3.8) is 0 Å². The molecule has 0 unspecified atom stereocenters. The third-order valence-corrected chi connectivity index (χ3v) is 5.98. The number of hydrogen-bond acceptors (Lipinski definition) is 5. The summed E-state index contributed by atoms with van der Waals surface area (Å²) in [7, 11) is 1.81. The topological polar surface area (TPSA) is 88.9 Å². The number of benzene rings is 2. The molecule has 0 aliphatic carbocycles. The molecule has 2 aromatic carbocycles. The Bertz CT molecular complexity index is 1100. The standard InChI is InChI=1S/C22H24ClN5O2S/c1-13-5-8-16(9-6-13)21(30)24-15(3)20-26-27-22(28(20)4)31-12-19(29)25-18-11-17(23)10-7-14(18)2/h5-11,15H,12H2,1-4H3,(H,24,30)(H,25,29)/t15-/m0/s1. The number of nitrogens with one attached hydrogen (secondary N) is 2. The van der Waals surface area contributed by atoms with Crippen LogP contribution in [0.25, 0.3) is 0 Å². The molecule has 1 heterocycles. The molecule has 1 atom stereocenters. The van der Waals surface area contributed by atoms with Gasteiger partial charge in [0.15, 0.2) is 11.0 Å². The average Bonchev–Trinajstić information content (AvgIpc) is 3.10.